The van der Waals surface area contributed by atoms with Crippen molar-refractivity contribution in [1.82, 2.24) is 0 Å². The molecule has 0 unspecified atom stereocenters. The van der Waals surface area contributed by atoms with Crippen LogP contribution in [0, 0.1) is 0 Å². The SMILES string of the molecule is O=S(=O)(O)OO.O=S(=O)(O)OO.[KH].[KH]. The first-order valence-corrected chi connectivity index (χ1v) is 4.46. The molecule has 10 nitrogen and oxygen atoms in total. The summed E-state index contributed by atoms with van der Waals surface area (Å²) in [5.41, 5.74) is 0. The summed E-state index contributed by atoms with van der Waals surface area (Å²) in [7, 11) is -9.21. The van der Waals surface area contributed by atoms with Crippen molar-refractivity contribution in [1.29, 1.82) is 0 Å². The molecule has 0 rings (SSSR count). The Kier molecular flexibility index (Phi) is 22.7. The van der Waals surface area contributed by atoms with Crippen molar-refractivity contribution in [2.24, 2.45) is 0 Å². The average Bonchev–Trinajstić information content (AvgIpc) is 1.86. The molecule has 0 bridgehead atoms. The van der Waals surface area contributed by atoms with Crippen molar-refractivity contribution in [2.75, 3.05) is 0 Å². The van der Waals surface area contributed by atoms with Gasteiger partial charge in [0.25, 0.3) is 0 Å². The van der Waals surface area contributed by atoms with Gasteiger partial charge in [0.05, 0.1) is 0 Å². The molecule has 0 aliphatic heterocycles. The predicted molar refractivity (Wildman–Crippen MR) is 44.8 cm³/mol. The first-order chi connectivity index (χ1) is 5.12. The van der Waals surface area contributed by atoms with Crippen molar-refractivity contribution in [3.8, 4) is 0 Å². The van der Waals surface area contributed by atoms with Crippen LogP contribution in [-0.2, 0) is 29.5 Å². The Labute approximate surface area is 165 Å². The molecular formula is H6K2O10S2. The fourth-order valence-corrected chi connectivity index (χ4v) is 0. The van der Waals surface area contributed by atoms with E-state index in [1.165, 1.54) is 0 Å². The summed E-state index contributed by atoms with van der Waals surface area (Å²) in [5.74, 6) is 0. The molecule has 14 heteroatoms. The third-order valence-corrected chi connectivity index (χ3v) is 0.565. The second kappa shape index (κ2) is 12.4. The third kappa shape index (κ3) is 36.3. The Bertz CT molecular complexity index is 252. The van der Waals surface area contributed by atoms with Crippen molar-refractivity contribution in [3.05, 3.63) is 0 Å². The van der Waals surface area contributed by atoms with Gasteiger partial charge in [-0.05, 0) is 0 Å². The Morgan fingerprint density at radius 3 is 0.786 bits per heavy atom. The molecule has 0 aromatic heterocycles. The van der Waals surface area contributed by atoms with Gasteiger partial charge in [-0.15, -0.1) is 0 Å². The van der Waals surface area contributed by atoms with Gasteiger partial charge in [0, 0.05) is 0 Å². The monoisotopic (exact) mass is 308 g/mol. The van der Waals surface area contributed by atoms with Gasteiger partial charge in [0.2, 0.25) is 0 Å². The topological polar surface area (TPSA) is 168 Å². The number of hydrogen-bond acceptors (Lipinski definition) is 8. The maximum atomic E-state index is 9.08. The van der Waals surface area contributed by atoms with Crippen LogP contribution in [0.25, 0.3) is 0 Å². The minimum atomic E-state index is -4.61. The minimum absolute atomic E-state index is 0. The van der Waals surface area contributed by atoms with Gasteiger partial charge in [-0.25, -0.2) is 10.5 Å². The average molecular weight is 308 g/mol. The summed E-state index contributed by atoms with van der Waals surface area (Å²) in [6, 6.07) is 0. The second-order valence-electron chi connectivity index (χ2n) is 1.00. The maximum absolute atomic E-state index is 9.08. The molecule has 0 aromatic rings. The summed E-state index contributed by atoms with van der Waals surface area (Å²) in [4.78, 5) is 0. The number of hydrogen-bond donors (Lipinski definition) is 4. The Morgan fingerprint density at radius 1 is 0.714 bits per heavy atom. The van der Waals surface area contributed by atoms with Crippen molar-refractivity contribution in [3.63, 3.8) is 0 Å². The molecule has 0 aromatic carbocycles. The predicted octanol–water partition coefficient (Wildman–Crippen LogP) is -2.74. The zero-order valence-corrected chi connectivity index (χ0v) is 6.69. The molecule has 4 N–H and O–H groups in total. The summed E-state index contributed by atoms with van der Waals surface area (Å²) >= 11 is 0. The fourth-order valence-electron chi connectivity index (χ4n) is 0. The standard InChI is InChI=1S/2K.2H2O5S.2H/c;;2*1-5-6(2,3)4;;/h;;2*1H,(H,2,3,4);;. The summed E-state index contributed by atoms with van der Waals surface area (Å²) in [6.07, 6.45) is 0. The zero-order chi connectivity index (χ0) is 10.4. The molecule has 0 heterocycles. The molecule has 0 aliphatic carbocycles. The first-order valence-electron chi connectivity index (χ1n) is 1.73. The van der Waals surface area contributed by atoms with Gasteiger partial charge in [-0.2, -0.15) is 16.8 Å². The van der Waals surface area contributed by atoms with Gasteiger partial charge in [-0.1, -0.05) is 8.67 Å². The van der Waals surface area contributed by atoms with Crippen LogP contribution in [0.5, 0.6) is 0 Å². The molecule has 0 atom stereocenters. The number of rotatable bonds is 2. The Morgan fingerprint density at radius 2 is 0.786 bits per heavy atom. The van der Waals surface area contributed by atoms with Crippen molar-refractivity contribution < 1.29 is 45.1 Å². The first kappa shape index (κ1) is 25.7. The molecule has 14 heavy (non-hydrogen) atoms. The van der Waals surface area contributed by atoms with E-state index in [-0.39, 0.29) is 103 Å². The van der Waals surface area contributed by atoms with Gasteiger partial charge < -0.3 is 0 Å². The van der Waals surface area contributed by atoms with Crippen LogP contribution in [0.3, 0.4) is 0 Å². The van der Waals surface area contributed by atoms with Crippen LogP contribution < -0.4 is 0 Å². The van der Waals surface area contributed by atoms with E-state index >= 15 is 0 Å². The van der Waals surface area contributed by atoms with Crippen LogP contribution >= 0.6 is 0 Å². The van der Waals surface area contributed by atoms with Gasteiger partial charge >= 0.3 is 124 Å². The second-order valence-corrected chi connectivity index (χ2v) is 3.01. The van der Waals surface area contributed by atoms with E-state index in [4.69, 9.17) is 36.5 Å². The van der Waals surface area contributed by atoms with Gasteiger partial charge in [0.15, 0.2) is 0 Å². The van der Waals surface area contributed by atoms with Crippen LogP contribution in [0.4, 0.5) is 0 Å². The summed E-state index contributed by atoms with van der Waals surface area (Å²) in [5, 5.41) is 14.1. The molecule has 0 spiro atoms. The van der Waals surface area contributed by atoms with E-state index in [0.29, 0.717) is 0 Å². The van der Waals surface area contributed by atoms with E-state index in [0.717, 1.165) is 0 Å². The third-order valence-electron chi connectivity index (χ3n) is 0.188. The van der Waals surface area contributed by atoms with Crippen molar-refractivity contribution >= 4 is 124 Å². The van der Waals surface area contributed by atoms with Gasteiger partial charge in [0.1, 0.15) is 0 Å². The van der Waals surface area contributed by atoms with E-state index in [1.807, 2.05) is 0 Å². The van der Waals surface area contributed by atoms with Crippen LogP contribution in [0.2, 0.25) is 0 Å². The molecule has 0 saturated heterocycles. The molecule has 0 radical (unpaired) electrons. The Hall–Kier alpha value is 2.93. The van der Waals surface area contributed by atoms with E-state index in [2.05, 4.69) is 8.67 Å². The molecule has 0 amide bonds. The van der Waals surface area contributed by atoms with E-state index < -0.39 is 20.8 Å². The van der Waals surface area contributed by atoms with Crippen LogP contribution in [0.15, 0.2) is 0 Å². The van der Waals surface area contributed by atoms with Crippen molar-refractivity contribution in [2.45, 2.75) is 0 Å². The van der Waals surface area contributed by atoms with Crippen LogP contribution in [-0.4, -0.2) is 139 Å². The fraction of sp³-hybridized carbons (Fsp3) is 0. The normalized spacial score (nSPS) is 10.0. The van der Waals surface area contributed by atoms with E-state index in [1.54, 1.807) is 0 Å². The zero-order valence-electron chi connectivity index (χ0n) is 5.05. The molecule has 0 aliphatic rings. The Balaban J connectivity index is -0.0000000625. The summed E-state index contributed by atoms with van der Waals surface area (Å²) < 4.78 is 55.9. The molecule has 0 saturated carbocycles. The van der Waals surface area contributed by atoms with Gasteiger partial charge in [-0.3, -0.25) is 9.11 Å². The quantitative estimate of drug-likeness (QED) is 0.182. The van der Waals surface area contributed by atoms with Crippen LogP contribution in [0.1, 0.15) is 0 Å². The molecular weight excluding hydrogens is 302 g/mol. The van der Waals surface area contributed by atoms with E-state index in [9.17, 15) is 0 Å². The summed E-state index contributed by atoms with van der Waals surface area (Å²) in [6.45, 7) is 0. The molecule has 0 fully saturated rings. The molecule has 80 valence electrons.